The van der Waals surface area contributed by atoms with Gasteiger partial charge in [-0.25, -0.2) is 0 Å². The van der Waals surface area contributed by atoms with Crippen LogP contribution < -0.4 is 0 Å². The van der Waals surface area contributed by atoms with Gasteiger partial charge in [-0.05, 0) is 45.8 Å². The molecule has 1 aliphatic carbocycles. The van der Waals surface area contributed by atoms with E-state index in [2.05, 4.69) is 11.8 Å². The van der Waals surface area contributed by atoms with E-state index in [1.165, 1.54) is 11.3 Å². The maximum absolute atomic E-state index is 12.6. The number of carbonyl (C=O) groups excluding carboxylic acids is 2. The van der Waals surface area contributed by atoms with E-state index < -0.39 is 0 Å². The molecule has 1 saturated heterocycles. The molecule has 1 saturated carbocycles. The molecular formula is C15H26N2O2. The van der Waals surface area contributed by atoms with Crippen LogP contribution in [0.15, 0.2) is 0 Å². The summed E-state index contributed by atoms with van der Waals surface area (Å²) in [5.41, 5.74) is -0.340. The molecule has 0 bridgehead atoms. The van der Waals surface area contributed by atoms with Gasteiger partial charge in [-0.2, -0.15) is 0 Å². The molecule has 2 rings (SSSR count). The molecule has 0 radical (unpaired) electrons. The Bertz CT molecular complexity index is 367. The van der Waals surface area contributed by atoms with Gasteiger partial charge in [0.2, 0.25) is 11.8 Å². The predicted octanol–water partition coefficient (Wildman–Crippen LogP) is 1.89. The van der Waals surface area contributed by atoms with Crippen LogP contribution in [0.1, 0.15) is 45.4 Å². The Morgan fingerprint density at radius 3 is 2.74 bits per heavy atom. The Morgan fingerprint density at radius 2 is 2.11 bits per heavy atom. The monoisotopic (exact) mass is 266 g/mol. The third kappa shape index (κ3) is 2.99. The Hall–Kier alpha value is -0.900. The van der Waals surface area contributed by atoms with Crippen molar-refractivity contribution in [1.29, 1.82) is 0 Å². The molecule has 19 heavy (non-hydrogen) atoms. The van der Waals surface area contributed by atoms with Crippen LogP contribution in [0.3, 0.4) is 0 Å². The fourth-order valence-corrected chi connectivity index (χ4v) is 3.65. The van der Waals surface area contributed by atoms with E-state index in [1.54, 1.807) is 0 Å². The Labute approximate surface area is 116 Å². The van der Waals surface area contributed by atoms with Crippen molar-refractivity contribution in [1.82, 2.24) is 9.80 Å². The van der Waals surface area contributed by atoms with Crippen molar-refractivity contribution in [3.8, 4) is 0 Å². The second kappa shape index (κ2) is 5.61. The van der Waals surface area contributed by atoms with Gasteiger partial charge in [0, 0.05) is 13.0 Å². The largest absolute Gasteiger partial charge is 0.309 e. The first-order valence-electron chi connectivity index (χ1n) is 7.44. The quantitative estimate of drug-likeness (QED) is 0.730. The highest BCUT2D eigenvalue weighted by Crippen LogP contribution is 2.47. The number of nitrogens with zero attached hydrogens (tertiary/aromatic N) is 2. The minimum absolute atomic E-state index is 0.0536. The summed E-state index contributed by atoms with van der Waals surface area (Å²) in [6.07, 6.45) is 5.43. The first kappa shape index (κ1) is 14.5. The van der Waals surface area contributed by atoms with Crippen LogP contribution in [0.5, 0.6) is 0 Å². The summed E-state index contributed by atoms with van der Waals surface area (Å²) >= 11 is 0. The maximum Gasteiger partial charge on any atom is 0.235 e. The molecule has 1 heterocycles. The minimum Gasteiger partial charge on any atom is -0.309 e. The molecule has 0 N–H and O–H groups in total. The predicted molar refractivity (Wildman–Crippen MR) is 74.6 cm³/mol. The maximum atomic E-state index is 12.6. The summed E-state index contributed by atoms with van der Waals surface area (Å²) in [5, 5.41) is 0. The number of imide groups is 1. The average molecular weight is 266 g/mol. The lowest BCUT2D eigenvalue weighted by atomic mass is 9.69. The lowest BCUT2D eigenvalue weighted by molar-refractivity contribution is -0.142. The molecule has 2 amide bonds. The van der Waals surface area contributed by atoms with Crippen molar-refractivity contribution in [2.24, 2.45) is 11.3 Å². The van der Waals surface area contributed by atoms with Crippen molar-refractivity contribution in [2.45, 2.75) is 45.4 Å². The molecule has 2 aliphatic rings. The lowest BCUT2D eigenvalue weighted by Gasteiger charge is -2.34. The number of likely N-dealkylation sites (tertiary alicyclic amines) is 1. The lowest BCUT2D eigenvalue weighted by Crippen LogP contribution is -2.39. The third-order valence-corrected chi connectivity index (χ3v) is 4.57. The van der Waals surface area contributed by atoms with Gasteiger partial charge < -0.3 is 4.90 Å². The summed E-state index contributed by atoms with van der Waals surface area (Å²) in [6, 6.07) is 0. The Morgan fingerprint density at radius 1 is 1.37 bits per heavy atom. The van der Waals surface area contributed by atoms with E-state index in [0.29, 0.717) is 18.9 Å². The second-order valence-corrected chi connectivity index (χ2v) is 6.67. The van der Waals surface area contributed by atoms with E-state index in [0.717, 1.165) is 32.2 Å². The number of carbonyl (C=O) groups is 2. The number of hydrogen-bond donors (Lipinski definition) is 0. The molecule has 0 aromatic carbocycles. The zero-order valence-corrected chi connectivity index (χ0v) is 12.4. The highest BCUT2D eigenvalue weighted by Gasteiger charge is 2.52. The molecule has 2 fully saturated rings. The smallest absolute Gasteiger partial charge is 0.235 e. The molecule has 1 aliphatic heterocycles. The van der Waals surface area contributed by atoms with Crippen LogP contribution in [0.2, 0.25) is 0 Å². The van der Waals surface area contributed by atoms with Gasteiger partial charge in [-0.3, -0.25) is 14.5 Å². The van der Waals surface area contributed by atoms with Crippen molar-refractivity contribution in [3.63, 3.8) is 0 Å². The molecule has 4 nitrogen and oxygen atoms in total. The van der Waals surface area contributed by atoms with E-state index >= 15 is 0 Å². The van der Waals surface area contributed by atoms with Crippen LogP contribution in [-0.4, -0.2) is 48.8 Å². The molecule has 2 atom stereocenters. The van der Waals surface area contributed by atoms with Gasteiger partial charge in [0.05, 0.1) is 5.41 Å². The summed E-state index contributed by atoms with van der Waals surface area (Å²) in [5.74, 6) is 0.743. The molecule has 108 valence electrons. The molecule has 1 spiro atoms. The topological polar surface area (TPSA) is 40.6 Å². The highest BCUT2D eigenvalue weighted by molar-refractivity contribution is 6.05. The number of rotatable bonds is 4. The van der Waals surface area contributed by atoms with Crippen molar-refractivity contribution >= 4 is 11.8 Å². The second-order valence-electron chi connectivity index (χ2n) is 6.67. The van der Waals surface area contributed by atoms with Gasteiger partial charge in [0.1, 0.15) is 0 Å². The van der Waals surface area contributed by atoms with Gasteiger partial charge in [0.25, 0.3) is 0 Å². The van der Waals surface area contributed by atoms with Crippen molar-refractivity contribution < 1.29 is 9.59 Å². The van der Waals surface area contributed by atoms with Crippen LogP contribution >= 0.6 is 0 Å². The summed E-state index contributed by atoms with van der Waals surface area (Å²) in [6.45, 7) is 3.71. The molecular weight excluding hydrogens is 240 g/mol. The van der Waals surface area contributed by atoms with Crippen molar-refractivity contribution in [3.05, 3.63) is 0 Å². The molecule has 4 heteroatoms. The molecule has 0 aromatic heterocycles. The van der Waals surface area contributed by atoms with Crippen LogP contribution in [0, 0.1) is 11.3 Å². The summed E-state index contributed by atoms with van der Waals surface area (Å²) in [7, 11) is 4.02. The van der Waals surface area contributed by atoms with E-state index in [4.69, 9.17) is 0 Å². The number of amides is 2. The van der Waals surface area contributed by atoms with Crippen LogP contribution in [0.4, 0.5) is 0 Å². The van der Waals surface area contributed by atoms with Gasteiger partial charge in [0.15, 0.2) is 0 Å². The van der Waals surface area contributed by atoms with Gasteiger partial charge >= 0.3 is 0 Å². The zero-order valence-electron chi connectivity index (χ0n) is 12.4. The van der Waals surface area contributed by atoms with Gasteiger partial charge in [-0.15, -0.1) is 0 Å². The average Bonchev–Trinajstić information content (AvgIpc) is 2.53. The zero-order chi connectivity index (χ0) is 14.0. The fraction of sp³-hybridized carbons (Fsp3) is 0.867. The summed E-state index contributed by atoms with van der Waals surface area (Å²) < 4.78 is 0. The van der Waals surface area contributed by atoms with E-state index in [9.17, 15) is 9.59 Å². The first-order chi connectivity index (χ1) is 8.94. The Kier molecular flexibility index (Phi) is 4.29. The minimum atomic E-state index is -0.340. The van der Waals surface area contributed by atoms with E-state index in [-0.39, 0.29) is 17.2 Å². The van der Waals surface area contributed by atoms with Crippen molar-refractivity contribution in [2.75, 3.05) is 27.2 Å². The summed E-state index contributed by atoms with van der Waals surface area (Å²) in [4.78, 5) is 28.4. The van der Waals surface area contributed by atoms with E-state index in [1.807, 2.05) is 14.1 Å². The third-order valence-electron chi connectivity index (χ3n) is 4.57. The first-order valence-corrected chi connectivity index (χ1v) is 7.44. The molecule has 0 aromatic rings. The fourth-order valence-electron chi connectivity index (χ4n) is 3.65. The SMILES string of the molecule is C[C@@H]1CCC[C@]2(CC(=O)N(CCCN(C)C)C2=O)C1. The molecule has 0 unspecified atom stereocenters. The Balaban J connectivity index is 1.99. The van der Waals surface area contributed by atoms with Crippen LogP contribution in [-0.2, 0) is 9.59 Å². The van der Waals surface area contributed by atoms with Crippen LogP contribution in [0.25, 0.3) is 0 Å². The standard InChI is InChI=1S/C15H26N2O2/c1-12-6-4-7-15(10-12)11-13(18)17(14(15)19)9-5-8-16(2)3/h12H,4-11H2,1-3H3/t12-,15-/m1/s1. The van der Waals surface area contributed by atoms with Gasteiger partial charge in [-0.1, -0.05) is 19.8 Å². The normalized spacial score (nSPS) is 31.8. The number of hydrogen-bond acceptors (Lipinski definition) is 3. The highest BCUT2D eigenvalue weighted by atomic mass is 16.2.